The fourth-order valence-electron chi connectivity index (χ4n) is 4.27. The molecule has 0 bridgehead atoms. The van der Waals surface area contributed by atoms with Crippen LogP contribution in [0.25, 0.3) is 10.9 Å². The highest BCUT2D eigenvalue weighted by atomic mass is 19.4. The molecule has 0 spiro atoms. The van der Waals surface area contributed by atoms with E-state index < -0.39 is 35.7 Å². The molecule has 0 saturated carbocycles. The monoisotopic (exact) mass is 552 g/mol. The van der Waals surface area contributed by atoms with Crippen LogP contribution in [0.15, 0.2) is 66.9 Å². The number of para-hydroxylation sites is 1. The van der Waals surface area contributed by atoms with Crippen molar-refractivity contribution < 1.29 is 37.7 Å². The molecule has 40 heavy (non-hydrogen) atoms. The minimum absolute atomic E-state index is 0.204. The average molecular weight is 553 g/mol. The van der Waals surface area contributed by atoms with Crippen molar-refractivity contribution >= 4 is 16.8 Å². The normalized spacial score (nSPS) is 12.8. The van der Waals surface area contributed by atoms with Crippen molar-refractivity contribution in [2.24, 2.45) is 0 Å². The number of benzene rings is 3. The number of hydrogen-bond acceptors (Lipinski definition) is 5. The molecule has 1 aromatic heterocycles. The van der Waals surface area contributed by atoms with Crippen molar-refractivity contribution in [3.63, 3.8) is 0 Å². The largest absolute Gasteiger partial charge is 0.573 e. The first kappa shape index (κ1) is 28.5. The molecule has 4 rings (SSSR count). The number of ether oxygens (including phenoxy) is 2. The summed E-state index contributed by atoms with van der Waals surface area (Å²) in [6.45, 7) is 0.818. The van der Waals surface area contributed by atoms with Gasteiger partial charge in [-0.2, -0.15) is 0 Å². The van der Waals surface area contributed by atoms with Gasteiger partial charge >= 0.3 is 6.36 Å². The first-order valence-electron chi connectivity index (χ1n) is 12.2. The Balaban J connectivity index is 1.66. The maximum Gasteiger partial charge on any atom is 0.573 e. The number of aromatic amines is 1. The summed E-state index contributed by atoms with van der Waals surface area (Å²) in [4.78, 5) is 16.5. The van der Waals surface area contributed by atoms with Gasteiger partial charge in [-0.25, -0.2) is 0 Å². The number of rotatable bonds is 8. The minimum Gasteiger partial charge on any atom is -0.497 e. The van der Waals surface area contributed by atoms with E-state index in [1.165, 1.54) is 19.2 Å². The SMILES string of the molecule is COc1ccc(C#Cc2ccc(OC(F)(F)F)c(C(=O)NC(C)(CO)Cc3c[nH]c4ccccc34)c2)c(CO)c1. The van der Waals surface area contributed by atoms with Gasteiger partial charge in [-0.3, -0.25) is 4.79 Å². The summed E-state index contributed by atoms with van der Waals surface area (Å²) in [6, 6.07) is 15.9. The quantitative estimate of drug-likeness (QED) is 0.238. The van der Waals surface area contributed by atoms with Crippen molar-refractivity contribution in [2.75, 3.05) is 13.7 Å². The standard InChI is InChI=1S/C30H27F3N2O5/c1-29(18-37,15-22-16-34-26-6-4-3-5-24(22)26)35-28(38)25-13-19(8-12-27(25)40-30(31,32)33)7-9-20-10-11-23(39-2)14-21(20)17-36/h3-6,8,10-14,16,34,36-37H,15,17-18H2,1-2H3,(H,35,38). The van der Waals surface area contributed by atoms with Crippen molar-refractivity contribution in [3.05, 3.63) is 94.7 Å². The number of carbonyl (C=O) groups excluding carboxylic acids is 1. The van der Waals surface area contributed by atoms with E-state index in [4.69, 9.17) is 4.74 Å². The van der Waals surface area contributed by atoms with Gasteiger partial charge in [0.05, 0.1) is 31.4 Å². The van der Waals surface area contributed by atoms with Gasteiger partial charge in [0.2, 0.25) is 0 Å². The van der Waals surface area contributed by atoms with E-state index in [-0.39, 0.29) is 18.6 Å². The van der Waals surface area contributed by atoms with Crippen molar-refractivity contribution in [1.29, 1.82) is 0 Å². The molecule has 208 valence electrons. The first-order valence-corrected chi connectivity index (χ1v) is 12.2. The van der Waals surface area contributed by atoms with Crippen LogP contribution >= 0.6 is 0 Å². The molecule has 0 fully saturated rings. The number of hydrogen-bond donors (Lipinski definition) is 4. The van der Waals surface area contributed by atoms with Crippen LogP contribution in [-0.2, 0) is 13.0 Å². The van der Waals surface area contributed by atoms with Gasteiger partial charge in [0.1, 0.15) is 11.5 Å². The van der Waals surface area contributed by atoms with Crippen LogP contribution in [0.2, 0.25) is 0 Å². The van der Waals surface area contributed by atoms with Crippen LogP contribution in [-0.4, -0.2) is 46.7 Å². The first-order chi connectivity index (χ1) is 19.0. The summed E-state index contributed by atoms with van der Waals surface area (Å²) < 4.78 is 48.7. The number of nitrogens with one attached hydrogen (secondary N) is 2. The zero-order chi connectivity index (χ0) is 28.9. The minimum atomic E-state index is -5.04. The Morgan fingerprint density at radius 1 is 1.02 bits per heavy atom. The van der Waals surface area contributed by atoms with E-state index in [1.54, 1.807) is 31.3 Å². The topological polar surface area (TPSA) is 104 Å². The van der Waals surface area contributed by atoms with E-state index in [0.717, 1.165) is 22.5 Å². The second kappa shape index (κ2) is 11.7. The van der Waals surface area contributed by atoms with E-state index >= 15 is 0 Å². The molecule has 3 aromatic carbocycles. The van der Waals surface area contributed by atoms with Gasteiger partial charge in [-0.15, -0.1) is 13.2 Å². The molecule has 1 unspecified atom stereocenters. The molecule has 0 aliphatic carbocycles. The Kier molecular flexibility index (Phi) is 8.38. The summed E-state index contributed by atoms with van der Waals surface area (Å²) in [5.74, 6) is 4.64. The highest BCUT2D eigenvalue weighted by Gasteiger charge is 2.34. The van der Waals surface area contributed by atoms with Gasteiger partial charge < -0.3 is 30.0 Å². The Hall–Kier alpha value is -4.46. The number of amides is 1. The second-order valence-corrected chi connectivity index (χ2v) is 9.40. The van der Waals surface area contributed by atoms with Crippen molar-refractivity contribution in [2.45, 2.75) is 31.9 Å². The molecular formula is C30H27F3N2O5. The summed E-state index contributed by atoms with van der Waals surface area (Å²) >= 11 is 0. The molecule has 10 heteroatoms. The highest BCUT2D eigenvalue weighted by Crippen LogP contribution is 2.29. The van der Waals surface area contributed by atoms with Crippen molar-refractivity contribution in [3.8, 4) is 23.3 Å². The Bertz CT molecular complexity index is 1590. The van der Waals surface area contributed by atoms with Crippen LogP contribution in [0.4, 0.5) is 13.2 Å². The summed E-state index contributed by atoms with van der Waals surface area (Å²) in [7, 11) is 1.49. The molecule has 4 aromatic rings. The number of methoxy groups -OCH3 is 1. The number of aliphatic hydroxyl groups excluding tert-OH is 2. The Morgan fingerprint density at radius 2 is 1.80 bits per heavy atom. The Labute approximate surface area is 228 Å². The molecular weight excluding hydrogens is 525 g/mol. The average Bonchev–Trinajstić information content (AvgIpc) is 3.33. The molecule has 1 heterocycles. The van der Waals surface area contributed by atoms with E-state index in [2.05, 4.69) is 26.9 Å². The van der Waals surface area contributed by atoms with Crippen LogP contribution in [0, 0.1) is 11.8 Å². The number of fused-ring (bicyclic) bond motifs is 1. The van der Waals surface area contributed by atoms with Gasteiger partial charge in [-0.1, -0.05) is 30.0 Å². The van der Waals surface area contributed by atoms with Crippen LogP contribution in [0.5, 0.6) is 11.5 Å². The molecule has 0 radical (unpaired) electrons. The summed E-state index contributed by atoms with van der Waals surface area (Å²) in [5, 5.41) is 23.4. The molecule has 1 atom stereocenters. The number of aliphatic hydroxyl groups is 2. The third kappa shape index (κ3) is 6.75. The fourth-order valence-corrected chi connectivity index (χ4v) is 4.27. The molecule has 7 nitrogen and oxygen atoms in total. The predicted molar refractivity (Wildman–Crippen MR) is 143 cm³/mol. The van der Waals surface area contributed by atoms with Crippen molar-refractivity contribution in [1.82, 2.24) is 10.3 Å². The fraction of sp³-hybridized carbons (Fsp3) is 0.233. The van der Waals surface area contributed by atoms with E-state index in [9.17, 15) is 28.2 Å². The van der Waals surface area contributed by atoms with Gasteiger partial charge in [-0.05, 0) is 66.9 Å². The van der Waals surface area contributed by atoms with Gasteiger partial charge in [0.15, 0.2) is 0 Å². The zero-order valence-electron chi connectivity index (χ0n) is 21.7. The maximum absolute atomic E-state index is 13.3. The highest BCUT2D eigenvalue weighted by molar-refractivity contribution is 5.98. The van der Waals surface area contributed by atoms with Gasteiger partial charge in [0, 0.05) is 28.2 Å². The van der Waals surface area contributed by atoms with Gasteiger partial charge in [0.25, 0.3) is 5.91 Å². The predicted octanol–water partition coefficient (Wildman–Crippen LogP) is 4.69. The molecule has 1 amide bonds. The lowest BCUT2D eigenvalue weighted by atomic mass is 9.92. The molecule has 0 aliphatic rings. The second-order valence-electron chi connectivity index (χ2n) is 9.40. The molecule has 4 N–H and O–H groups in total. The lowest BCUT2D eigenvalue weighted by Gasteiger charge is -2.29. The molecule has 0 saturated heterocycles. The van der Waals surface area contributed by atoms with E-state index in [1.807, 2.05) is 24.3 Å². The number of H-pyrrole nitrogens is 1. The zero-order valence-corrected chi connectivity index (χ0v) is 21.7. The lowest BCUT2D eigenvalue weighted by molar-refractivity contribution is -0.274. The third-order valence-electron chi connectivity index (χ3n) is 6.29. The van der Waals surface area contributed by atoms with Crippen LogP contribution in [0.3, 0.4) is 0 Å². The number of aromatic nitrogens is 1. The number of alkyl halides is 3. The summed E-state index contributed by atoms with van der Waals surface area (Å²) in [5.41, 5.74) is 1.30. The third-order valence-corrected chi connectivity index (χ3v) is 6.29. The number of carbonyl (C=O) groups is 1. The van der Waals surface area contributed by atoms with Crippen LogP contribution < -0.4 is 14.8 Å². The maximum atomic E-state index is 13.3. The smallest absolute Gasteiger partial charge is 0.497 e. The van der Waals surface area contributed by atoms with Crippen LogP contribution in [0.1, 0.15) is 39.5 Å². The lowest BCUT2D eigenvalue weighted by Crippen LogP contribution is -2.50. The Morgan fingerprint density at radius 3 is 2.50 bits per heavy atom. The summed E-state index contributed by atoms with van der Waals surface area (Å²) in [6.07, 6.45) is -3.07. The van der Waals surface area contributed by atoms with E-state index in [0.29, 0.717) is 16.9 Å². The number of halogens is 3. The molecule has 0 aliphatic heterocycles.